The molecule has 0 saturated carbocycles. The molecule has 2 unspecified atom stereocenters. The first kappa shape index (κ1) is 14.7. The van der Waals surface area contributed by atoms with Gasteiger partial charge in [0.25, 0.3) is 0 Å². The van der Waals surface area contributed by atoms with Crippen LogP contribution in [0.4, 0.5) is 0 Å². The molecule has 19 heavy (non-hydrogen) atoms. The highest BCUT2D eigenvalue weighted by Gasteiger charge is 2.42. The first-order valence-electron chi connectivity index (χ1n) is 7.09. The molecule has 0 radical (unpaired) electrons. The minimum absolute atomic E-state index is 0.0340. The molecular weight excluding hydrogens is 262 g/mol. The third-order valence-electron chi connectivity index (χ3n) is 4.19. The van der Waals surface area contributed by atoms with E-state index in [2.05, 4.69) is 6.92 Å². The maximum atomic E-state index is 12.8. The Labute approximate surface area is 119 Å². The summed E-state index contributed by atoms with van der Waals surface area (Å²) >= 11 is 1.77. The molecule has 2 saturated heterocycles. The average Bonchev–Trinajstić information content (AvgIpc) is 2.86. The van der Waals surface area contributed by atoms with E-state index in [0.717, 1.165) is 44.4 Å². The number of amides is 1. The molecule has 0 aromatic rings. The Morgan fingerprint density at radius 3 is 2.79 bits per heavy atom. The van der Waals surface area contributed by atoms with Crippen LogP contribution in [0.15, 0.2) is 0 Å². The lowest BCUT2D eigenvalue weighted by atomic mass is 9.95. The third kappa shape index (κ3) is 3.25. The molecule has 0 aliphatic carbocycles. The zero-order valence-electron chi connectivity index (χ0n) is 11.8. The quantitative estimate of drug-likeness (QED) is 0.746. The standard InChI is InChI=1S/C14H23NO3S/c1-14(7-5-9-19-14)13(17)15-8-4-3-6-11(15)10-12(16)18-2/h11H,3-10H2,1-2H3. The fourth-order valence-corrected chi connectivity index (χ4v) is 4.28. The van der Waals surface area contributed by atoms with E-state index in [1.165, 1.54) is 7.11 Å². The number of esters is 1. The molecule has 2 aliphatic heterocycles. The molecule has 2 aliphatic rings. The molecule has 0 aromatic carbocycles. The molecule has 2 fully saturated rings. The van der Waals surface area contributed by atoms with Crippen LogP contribution in [0.3, 0.4) is 0 Å². The van der Waals surface area contributed by atoms with Gasteiger partial charge in [-0.25, -0.2) is 0 Å². The molecule has 5 heteroatoms. The zero-order valence-corrected chi connectivity index (χ0v) is 12.6. The number of thioether (sulfide) groups is 1. The van der Waals surface area contributed by atoms with E-state index < -0.39 is 0 Å². The van der Waals surface area contributed by atoms with Crippen molar-refractivity contribution in [2.45, 2.75) is 56.2 Å². The van der Waals surface area contributed by atoms with Crippen LogP contribution in [-0.2, 0) is 14.3 Å². The van der Waals surface area contributed by atoms with E-state index in [1.807, 2.05) is 4.90 Å². The minimum atomic E-state index is -0.272. The Morgan fingerprint density at radius 1 is 1.37 bits per heavy atom. The van der Waals surface area contributed by atoms with Crippen molar-refractivity contribution in [3.05, 3.63) is 0 Å². The second kappa shape index (κ2) is 6.16. The van der Waals surface area contributed by atoms with Crippen LogP contribution in [0, 0.1) is 0 Å². The number of methoxy groups -OCH3 is 1. The molecule has 2 rings (SSSR count). The summed E-state index contributed by atoms with van der Waals surface area (Å²) in [6.45, 7) is 2.84. The van der Waals surface area contributed by atoms with Crippen molar-refractivity contribution in [1.82, 2.24) is 4.90 Å². The van der Waals surface area contributed by atoms with E-state index in [1.54, 1.807) is 11.8 Å². The fraction of sp³-hybridized carbons (Fsp3) is 0.857. The first-order chi connectivity index (χ1) is 9.07. The van der Waals surface area contributed by atoms with Crippen LogP contribution in [0.5, 0.6) is 0 Å². The van der Waals surface area contributed by atoms with Crippen LogP contribution < -0.4 is 0 Å². The molecule has 108 valence electrons. The maximum Gasteiger partial charge on any atom is 0.307 e. The van der Waals surface area contributed by atoms with Crippen LogP contribution >= 0.6 is 11.8 Å². The van der Waals surface area contributed by atoms with Crippen molar-refractivity contribution in [3.8, 4) is 0 Å². The molecule has 4 nitrogen and oxygen atoms in total. The summed E-state index contributed by atoms with van der Waals surface area (Å²) in [5.74, 6) is 1.08. The van der Waals surface area contributed by atoms with Crippen LogP contribution in [0.1, 0.15) is 45.4 Å². The van der Waals surface area contributed by atoms with Gasteiger partial charge in [0.15, 0.2) is 0 Å². The van der Waals surface area contributed by atoms with Crippen molar-refractivity contribution in [2.75, 3.05) is 19.4 Å². The summed E-state index contributed by atoms with van der Waals surface area (Å²) in [5, 5.41) is 0. The van der Waals surface area contributed by atoms with Crippen LogP contribution in [0.25, 0.3) is 0 Å². The van der Waals surface area contributed by atoms with Gasteiger partial charge < -0.3 is 9.64 Å². The van der Waals surface area contributed by atoms with Gasteiger partial charge in [-0.3, -0.25) is 9.59 Å². The summed E-state index contributed by atoms with van der Waals surface area (Å²) < 4.78 is 4.48. The Bertz CT molecular complexity index is 353. The number of carbonyl (C=O) groups is 2. The Balaban J connectivity index is 2.06. The number of ether oxygens (including phenoxy) is 1. The van der Waals surface area contributed by atoms with E-state index in [4.69, 9.17) is 4.74 Å². The number of rotatable bonds is 3. The number of hydrogen-bond donors (Lipinski definition) is 0. The lowest BCUT2D eigenvalue weighted by molar-refractivity contribution is -0.145. The summed E-state index contributed by atoms with van der Waals surface area (Å²) in [6.07, 6.45) is 5.46. The smallest absolute Gasteiger partial charge is 0.307 e. The summed E-state index contributed by atoms with van der Waals surface area (Å²) in [7, 11) is 1.41. The summed E-state index contributed by atoms with van der Waals surface area (Å²) in [5.41, 5.74) is 0. The van der Waals surface area contributed by atoms with Gasteiger partial charge in [0.2, 0.25) is 5.91 Å². The lowest BCUT2D eigenvalue weighted by Gasteiger charge is -2.39. The van der Waals surface area contributed by atoms with Gasteiger partial charge in [0.05, 0.1) is 18.3 Å². The Morgan fingerprint density at radius 2 is 2.16 bits per heavy atom. The first-order valence-corrected chi connectivity index (χ1v) is 8.07. The van der Waals surface area contributed by atoms with Gasteiger partial charge in [-0.15, -0.1) is 11.8 Å². The summed E-state index contributed by atoms with van der Waals surface area (Å²) in [6, 6.07) is 0.0340. The Kier molecular flexibility index (Phi) is 4.76. The van der Waals surface area contributed by atoms with Gasteiger partial charge in [-0.1, -0.05) is 0 Å². The van der Waals surface area contributed by atoms with Crippen molar-refractivity contribution < 1.29 is 14.3 Å². The van der Waals surface area contributed by atoms with E-state index in [-0.39, 0.29) is 22.7 Å². The predicted molar refractivity (Wildman–Crippen MR) is 76.1 cm³/mol. The predicted octanol–water partition coefficient (Wildman–Crippen LogP) is 2.22. The van der Waals surface area contributed by atoms with Crippen LogP contribution in [-0.4, -0.2) is 47.0 Å². The van der Waals surface area contributed by atoms with Crippen molar-refractivity contribution in [3.63, 3.8) is 0 Å². The lowest BCUT2D eigenvalue weighted by Crippen LogP contribution is -2.51. The normalized spacial score (nSPS) is 31.3. The molecule has 1 amide bonds. The topological polar surface area (TPSA) is 46.6 Å². The minimum Gasteiger partial charge on any atom is -0.469 e. The number of hydrogen-bond acceptors (Lipinski definition) is 4. The molecule has 2 atom stereocenters. The summed E-state index contributed by atoms with van der Waals surface area (Å²) in [4.78, 5) is 26.2. The second-order valence-corrected chi connectivity index (χ2v) is 7.21. The monoisotopic (exact) mass is 285 g/mol. The number of piperidine rings is 1. The largest absolute Gasteiger partial charge is 0.469 e. The van der Waals surface area contributed by atoms with Crippen molar-refractivity contribution >= 4 is 23.6 Å². The SMILES string of the molecule is COC(=O)CC1CCCCN1C(=O)C1(C)CCCS1. The second-order valence-electron chi connectivity index (χ2n) is 5.61. The molecule has 0 aromatic heterocycles. The molecule has 2 heterocycles. The molecule has 0 spiro atoms. The highest BCUT2D eigenvalue weighted by atomic mass is 32.2. The highest BCUT2D eigenvalue weighted by molar-refractivity contribution is 8.01. The molecule has 0 bridgehead atoms. The van der Waals surface area contributed by atoms with Gasteiger partial charge >= 0.3 is 5.97 Å². The number of nitrogens with zero attached hydrogens (tertiary/aromatic N) is 1. The third-order valence-corrected chi connectivity index (χ3v) is 5.70. The van der Waals surface area contributed by atoms with Crippen molar-refractivity contribution in [2.24, 2.45) is 0 Å². The number of likely N-dealkylation sites (tertiary alicyclic amines) is 1. The van der Waals surface area contributed by atoms with Gasteiger partial charge in [0, 0.05) is 12.6 Å². The van der Waals surface area contributed by atoms with E-state index in [9.17, 15) is 9.59 Å². The maximum absolute atomic E-state index is 12.8. The average molecular weight is 285 g/mol. The van der Waals surface area contributed by atoms with E-state index in [0.29, 0.717) is 6.42 Å². The highest BCUT2D eigenvalue weighted by Crippen LogP contribution is 2.40. The fourth-order valence-electron chi connectivity index (χ4n) is 3.01. The van der Waals surface area contributed by atoms with Crippen molar-refractivity contribution in [1.29, 1.82) is 0 Å². The van der Waals surface area contributed by atoms with Gasteiger partial charge in [0.1, 0.15) is 0 Å². The van der Waals surface area contributed by atoms with E-state index >= 15 is 0 Å². The molecule has 0 N–H and O–H groups in total. The Hall–Kier alpha value is -0.710. The van der Waals surface area contributed by atoms with Gasteiger partial charge in [-0.2, -0.15) is 0 Å². The number of carbonyl (C=O) groups excluding carboxylic acids is 2. The molecular formula is C14H23NO3S. The van der Waals surface area contributed by atoms with Gasteiger partial charge in [-0.05, 0) is 44.8 Å². The van der Waals surface area contributed by atoms with Crippen LogP contribution in [0.2, 0.25) is 0 Å². The zero-order chi connectivity index (χ0) is 13.9.